The Morgan fingerprint density at radius 1 is 0.474 bits per heavy atom. The number of fused-ring (bicyclic) bond motifs is 3. The number of benzene rings is 3. The van der Waals surface area contributed by atoms with Gasteiger partial charge in [-0.2, -0.15) is 0 Å². The molecule has 0 fully saturated rings. The molecule has 0 aliphatic rings. The lowest BCUT2D eigenvalue weighted by molar-refractivity contribution is 0.378. The molecule has 0 amide bonds. The van der Waals surface area contributed by atoms with E-state index in [0.717, 1.165) is 5.75 Å². The van der Waals surface area contributed by atoms with Crippen molar-refractivity contribution >= 4 is 21.9 Å². The van der Waals surface area contributed by atoms with Crippen LogP contribution in [0.3, 0.4) is 0 Å². The molecule has 4 rings (SSSR count). The first-order valence-electron chi connectivity index (χ1n) is 6.43. The van der Waals surface area contributed by atoms with Gasteiger partial charge in [-0.1, -0.05) is 42.5 Å². The van der Waals surface area contributed by atoms with Gasteiger partial charge in [-0.3, -0.25) is 0 Å². The van der Waals surface area contributed by atoms with E-state index in [1.165, 1.54) is 21.9 Å². The molecule has 3 aromatic carbocycles. The van der Waals surface area contributed by atoms with Crippen LogP contribution in [-0.2, 0) is 0 Å². The highest BCUT2D eigenvalue weighted by molar-refractivity contribution is 6.05. The van der Waals surface area contributed by atoms with Gasteiger partial charge in [0.05, 0.1) is 10.8 Å². The Morgan fingerprint density at radius 2 is 0.947 bits per heavy atom. The van der Waals surface area contributed by atoms with Gasteiger partial charge in [0.15, 0.2) is 0 Å². The molecule has 19 heavy (non-hydrogen) atoms. The molecule has 0 unspecified atom stereocenters. The third kappa shape index (κ3) is 1.48. The second-order valence-electron chi connectivity index (χ2n) is 4.61. The third-order valence-corrected chi connectivity index (χ3v) is 3.48. The number of hydrogen-bond donors (Lipinski definition) is 0. The first-order chi connectivity index (χ1) is 9.45. The zero-order valence-corrected chi connectivity index (χ0v) is 10.4. The summed E-state index contributed by atoms with van der Waals surface area (Å²) in [7, 11) is 0. The monoisotopic (exact) mass is 245 g/mol. The van der Waals surface area contributed by atoms with Crippen molar-refractivity contribution in [1.29, 1.82) is 0 Å². The van der Waals surface area contributed by atoms with Crippen molar-refractivity contribution in [2.24, 2.45) is 0 Å². The van der Waals surface area contributed by atoms with E-state index < -0.39 is 0 Å². The first-order valence-corrected chi connectivity index (χ1v) is 6.43. The summed E-state index contributed by atoms with van der Waals surface area (Å²) in [5.41, 5.74) is 2.35. The highest BCUT2D eigenvalue weighted by Crippen LogP contribution is 2.37. The lowest BCUT2D eigenvalue weighted by Gasteiger charge is -2.03. The largest absolute Gasteiger partial charge is 0.498 e. The Hall–Kier alpha value is -2.54. The summed E-state index contributed by atoms with van der Waals surface area (Å²) in [6.45, 7) is 0. The second kappa shape index (κ2) is 3.99. The molecule has 0 aliphatic carbocycles. The van der Waals surface area contributed by atoms with Gasteiger partial charge in [0, 0.05) is 24.3 Å². The van der Waals surface area contributed by atoms with Crippen LogP contribution in [0.25, 0.3) is 27.7 Å². The van der Waals surface area contributed by atoms with Gasteiger partial charge < -0.3 is 4.05 Å². The minimum atomic E-state index is 1.12. The van der Waals surface area contributed by atoms with Crippen molar-refractivity contribution < 1.29 is 4.05 Å². The van der Waals surface area contributed by atoms with Gasteiger partial charge in [-0.15, -0.1) is 0 Å². The van der Waals surface area contributed by atoms with Crippen molar-refractivity contribution in [2.75, 3.05) is 0 Å². The fourth-order valence-electron chi connectivity index (χ4n) is 2.66. The molecule has 1 heteroatoms. The molecule has 1 nitrogen and oxygen atoms in total. The molecule has 1 heterocycles. The molecular weight excluding hydrogens is 232 g/mol. The van der Waals surface area contributed by atoms with Crippen molar-refractivity contribution in [1.82, 2.24) is 0 Å². The molecule has 0 saturated carbocycles. The Labute approximate surface area is 111 Å². The average molecular weight is 245 g/mol. The van der Waals surface area contributed by atoms with Crippen LogP contribution in [-0.4, -0.2) is 0 Å². The summed E-state index contributed by atoms with van der Waals surface area (Å²) in [6.07, 6.45) is 0. The molecule has 0 N–H and O–H groups in total. The lowest BCUT2D eigenvalue weighted by atomic mass is 10.2. The predicted octanol–water partition coefficient (Wildman–Crippen LogP) is 5.26. The van der Waals surface area contributed by atoms with Gasteiger partial charge in [-0.25, -0.2) is 0 Å². The van der Waals surface area contributed by atoms with Crippen LogP contribution >= 0.6 is 0 Å². The molecule has 4 aromatic rings. The van der Waals surface area contributed by atoms with E-state index in [0.29, 0.717) is 0 Å². The highest BCUT2D eigenvalue weighted by Gasteiger charge is 2.18. The maximum absolute atomic E-state index is 3.29. The zero-order chi connectivity index (χ0) is 12.7. The third-order valence-electron chi connectivity index (χ3n) is 3.48. The number of hydrogen-bond acceptors (Lipinski definition) is 0. The van der Waals surface area contributed by atoms with Crippen LogP contribution in [0.2, 0.25) is 0 Å². The Kier molecular flexibility index (Phi) is 2.18. The summed E-state index contributed by atoms with van der Waals surface area (Å²) in [4.78, 5) is 0. The molecule has 0 spiro atoms. The zero-order valence-electron chi connectivity index (χ0n) is 10.4. The van der Waals surface area contributed by atoms with Crippen LogP contribution in [0.15, 0.2) is 82.9 Å². The van der Waals surface area contributed by atoms with E-state index >= 15 is 0 Å². The maximum atomic E-state index is 3.29. The summed E-state index contributed by atoms with van der Waals surface area (Å²) in [5, 5.41) is 2.54. The number of rotatable bonds is 1. The van der Waals surface area contributed by atoms with Crippen LogP contribution in [0.1, 0.15) is 0 Å². The average Bonchev–Trinajstić information content (AvgIpc) is 2.83. The van der Waals surface area contributed by atoms with E-state index in [9.17, 15) is 0 Å². The van der Waals surface area contributed by atoms with E-state index in [2.05, 4.69) is 76.8 Å². The van der Waals surface area contributed by atoms with E-state index in [-0.39, 0.29) is 0 Å². The Balaban J connectivity index is 2.24. The molecule has 0 aliphatic heterocycles. The molecule has 1 aromatic heterocycles. The molecular formula is C18H13O+. The van der Waals surface area contributed by atoms with Crippen LogP contribution in [0.5, 0.6) is 0 Å². The van der Waals surface area contributed by atoms with E-state index in [1.54, 1.807) is 0 Å². The molecule has 0 atom stereocenters. The van der Waals surface area contributed by atoms with Crippen LogP contribution in [0, 0.1) is 0 Å². The minimum absolute atomic E-state index is 1.12. The summed E-state index contributed by atoms with van der Waals surface area (Å²) in [6, 6.07) is 27.4. The molecule has 0 radical (unpaired) electrons. The van der Waals surface area contributed by atoms with Crippen molar-refractivity contribution in [3.05, 3.63) is 78.9 Å². The number of furan rings is 1. The Morgan fingerprint density at radius 3 is 1.53 bits per heavy atom. The van der Waals surface area contributed by atoms with Crippen molar-refractivity contribution in [3.63, 3.8) is 0 Å². The minimum Gasteiger partial charge on any atom is -0.498 e. The summed E-state index contributed by atoms with van der Waals surface area (Å²) < 4.78 is 3.29. The molecule has 0 saturated heterocycles. The normalized spacial score (nSPS) is 11.2. The maximum Gasteiger partial charge on any atom is 0.275 e. The van der Waals surface area contributed by atoms with Gasteiger partial charge in [-0.05, 0) is 12.1 Å². The fraction of sp³-hybridized carbons (Fsp3) is 0. The number of para-hydroxylation sites is 3. The fourth-order valence-corrected chi connectivity index (χ4v) is 2.66. The quantitative estimate of drug-likeness (QED) is 0.402. The summed E-state index contributed by atoms with van der Waals surface area (Å²) in [5.74, 6) is 1.12. The SMILES string of the molecule is c1ccc(-[o+]2c3ccccc3c3ccccc32)cc1. The molecule has 90 valence electrons. The van der Waals surface area contributed by atoms with E-state index in [1.807, 2.05) is 6.07 Å². The Bertz CT molecular complexity index is 803. The predicted molar refractivity (Wildman–Crippen MR) is 79.7 cm³/mol. The first kappa shape index (κ1) is 10.4. The van der Waals surface area contributed by atoms with Gasteiger partial charge in [0.25, 0.3) is 16.9 Å². The van der Waals surface area contributed by atoms with Gasteiger partial charge in [0.1, 0.15) is 0 Å². The smallest absolute Gasteiger partial charge is 0.275 e. The highest BCUT2D eigenvalue weighted by atomic mass is 16.6. The topological polar surface area (TPSA) is 2.70 Å². The van der Waals surface area contributed by atoms with Crippen molar-refractivity contribution in [2.45, 2.75) is 0 Å². The standard InChI is InChI=1S/C18H13O/c1-2-8-14(9-3-1)19-17-12-6-4-10-15(17)16-11-5-7-13-18(16)19/h1-13H/q+1. The lowest BCUT2D eigenvalue weighted by Crippen LogP contribution is -1.77. The van der Waals surface area contributed by atoms with Crippen LogP contribution in [0.4, 0.5) is 0 Å². The molecule has 0 bridgehead atoms. The van der Waals surface area contributed by atoms with Crippen molar-refractivity contribution in [3.8, 4) is 5.75 Å². The van der Waals surface area contributed by atoms with E-state index in [4.69, 9.17) is 0 Å². The van der Waals surface area contributed by atoms with Gasteiger partial charge in [0.2, 0.25) is 0 Å². The van der Waals surface area contributed by atoms with Gasteiger partial charge >= 0.3 is 0 Å². The summed E-state index contributed by atoms with van der Waals surface area (Å²) >= 11 is 0. The van der Waals surface area contributed by atoms with Crippen LogP contribution < -0.4 is 0 Å². The second-order valence-corrected chi connectivity index (χ2v) is 4.61.